The normalized spacial score (nSPS) is 12.8. The lowest BCUT2D eigenvalue weighted by atomic mass is 10.0. The fourth-order valence-electron chi connectivity index (χ4n) is 2.51. The Morgan fingerprint density at radius 3 is 2.72 bits per heavy atom. The summed E-state index contributed by atoms with van der Waals surface area (Å²) in [5.74, 6) is -0.707. The lowest BCUT2D eigenvalue weighted by Crippen LogP contribution is -2.08. The minimum absolute atomic E-state index is 0.0372. The van der Waals surface area contributed by atoms with E-state index in [9.17, 15) is 4.79 Å². The number of hydrogen-bond donors (Lipinski definition) is 1. The maximum atomic E-state index is 10.8. The Bertz CT molecular complexity index is 583. The van der Waals surface area contributed by atoms with Gasteiger partial charge in [0.2, 0.25) is 0 Å². The lowest BCUT2D eigenvalue weighted by molar-refractivity contribution is -0.137. The van der Waals surface area contributed by atoms with Crippen molar-refractivity contribution in [3.8, 4) is 0 Å². The molecular formula is C15H19NO2. The van der Waals surface area contributed by atoms with Crippen molar-refractivity contribution < 1.29 is 9.90 Å². The Kier molecular flexibility index (Phi) is 3.41. The molecular weight excluding hydrogens is 226 g/mol. The third kappa shape index (κ3) is 2.26. The van der Waals surface area contributed by atoms with Gasteiger partial charge in [-0.25, -0.2) is 0 Å². The van der Waals surface area contributed by atoms with Crippen LogP contribution in [0.5, 0.6) is 0 Å². The maximum absolute atomic E-state index is 10.8. The van der Waals surface area contributed by atoms with Gasteiger partial charge in [0.25, 0.3) is 0 Å². The van der Waals surface area contributed by atoms with Crippen molar-refractivity contribution in [3.05, 3.63) is 35.5 Å². The van der Waals surface area contributed by atoms with Crippen LogP contribution in [0.1, 0.15) is 37.4 Å². The molecule has 1 N–H and O–H groups in total. The molecule has 18 heavy (non-hydrogen) atoms. The lowest BCUT2D eigenvalue weighted by Gasteiger charge is -2.13. The summed E-state index contributed by atoms with van der Waals surface area (Å²) in [4.78, 5) is 10.8. The molecule has 1 unspecified atom stereocenters. The molecule has 3 heteroatoms. The second kappa shape index (κ2) is 4.84. The first-order chi connectivity index (χ1) is 8.52. The molecule has 0 amide bonds. The van der Waals surface area contributed by atoms with Crippen molar-refractivity contribution in [2.45, 2.75) is 39.7 Å². The van der Waals surface area contributed by atoms with Crippen LogP contribution in [0.25, 0.3) is 10.9 Å². The fourth-order valence-corrected chi connectivity index (χ4v) is 2.51. The Balaban J connectivity index is 2.53. The molecule has 0 aliphatic carbocycles. The van der Waals surface area contributed by atoms with Crippen LogP contribution in [-0.2, 0) is 11.3 Å². The van der Waals surface area contributed by atoms with Crippen LogP contribution >= 0.6 is 0 Å². The van der Waals surface area contributed by atoms with Gasteiger partial charge in [-0.05, 0) is 36.9 Å². The monoisotopic (exact) mass is 245 g/mol. The van der Waals surface area contributed by atoms with Gasteiger partial charge in [0.05, 0.1) is 6.42 Å². The zero-order chi connectivity index (χ0) is 13.3. The summed E-state index contributed by atoms with van der Waals surface area (Å²) < 4.78 is 2.22. The van der Waals surface area contributed by atoms with Gasteiger partial charge in [-0.15, -0.1) is 0 Å². The number of carbonyl (C=O) groups is 1. The van der Waals surface area contributed by atoms with Crippen molar-refractivity contribution in [2.24, 2.45) is 0 Å². The molecule has 1 aromatic heterocycles. The summed E-state index contributed by atoms with van der Waals surface area (Å²) in [6, 6.07) is 8.48. The summed E-state index contributed by atoms with van der Waals surface area (Å²) in [5, 5.41) is 10.1. The van der Waals surface area contributed by atoms with Gasteiger partial charge in [-0.2, -0.15) is 0 Å². The van der Waals surface area contributed by atoms with E-state index < -0.39 is 5.97 Å². The molecule has 0 aliphatic heterocycles. The van der Waals surface area contributed by atoms with Gasteiger partial charge in [0.1, 0.15) is 0 Å². The highest BCUT2D eigenvalue weighted by atomic mass is 16.4. The van der Waals surface area contributed by atoms with Gasteiger partial charge in [0.15, 0.2) is 0 Å². The molecule has 0 radical (unpaired) electrons. The van der Waals surface area contributed by atoms with Crippen molar-refractivity contribution in [1.29, 1.82) is 0 Å². The molecule has 3 nitrogen and oxygen atoms in total. The van der Waals surface area contributed by atoms with Crippen LogP contribution in [0.3, 0.4) is 0 Å². The first kappa shape index (κ1) is 12.7. The second-order valence-corrected chi connectivity index (χ2v) is 4.87. The third-order valence-corrected chi connectivity index (χ3v) is 3.39. The number of benzene rings is 1. The van der Waals surface area contributed by atoms with Crippen molar-refractivity contribution in [2.75, 3.05) is 0 Å². The molecule has 2 rings (SSSR count). The summed E-state index contributed by atoms with van der Waals surface area (Å²) in [5.41, 5.74) is 3.54. The van der Waals surface area contributed by atoms with Crippen molar-refractivity contribution in [3.63, 3.8) is 0 Å². The van der Waals surface area contributed by atoms with E-state index in [-0.39, 0.29) is 12.3 Å². The van der Waals surface area contributed by atoms with Crippen LogP contribution in [-0.4, -0.2) is 15.6 Å². The molecule has 1 heterocycles. The van der Waals surface area contributed by atoms with Gasteiger partial charge < -0.3 is 9.67 Å². The van der Waals surface area contributed by atoms with Gasteiger partial charge in [-0.3, -0.25) is 4.79 Å². The molecule has 0 saturated carbocycles. The van der Waals surface area contributed by atoms with E-state index in [1.807, 2.05) is 6.92 Å². The summed E-state index contributed by atoms with van der Waals surface area (Å²) in [7, 11) is 0. The molecule has 0 aliphatic rings. The van der Waals surface area contributed by atoms with Crippen LogP contribution < -0.4 is 0 Å². The van der Waals surface area contributed by atoms with E-state index in [1.54, 1.807) is 0 Å². The van der Waals surface area contributed by atoms with E-state index in [2.05, 4.69) is 42.7 Å². The van der Waals surface area contributed by atoms with Crippen molar-refractivity contribution >= 4 is 16.9 Å². The Morgan fingerprint density at radius 1 is 1.39 bits per heavy atom. The van der Waals surface area contributed by atoms with E-state index in [1.165, 1.54) is 16.5 Å². The number of carboxylic acids is 1. The average molecular weight is 245 g/mol. The predicted molar refractivity (Wildman–Crippen MR) is 73.0 cm³/mol. The predicted octanol–water partition coefficient (Wildman–Crippen LogP) is 3.55. The second-order valence-electron chi connectivity index (χ2n) is 4.87. The maximum Gasteiger partial charge on any atom is 0.304 e. The highest BCUT2D eigenvalue weighted by molar-refractivity contribution is 5.82. The number of carboxylic acid groups (broad SMARTS) is 1. The van der Waals surface area contributed by atoms with E-state index in [0.29, 0.717) is 0 Å². The average Bonchev–Trinajstić information content (AvgIpc) is 2.65. The molecule has 96 valence electrons. The number of aryl methyl sites for hydroxylation is 2. The molecule has 0 saturated heterocycles. The van der Waals surface area contributed by atoms with Crippen LogP contribution in [0.2, 0.25) is 0 Å². The highest BCUT2D eigenvalue weighted by Crippen LogP contribution is 2.28. The Labute approximate surface area is 107 Å². The number of nitrogens with zero attached hydrogens (tertiary/aromatic N) is 1. The Hall–Kier alpha value is -1.77. The zero-order valence-electron chi connectivity index (χ0n) is 11.1. The molecule has 0 spiro atoms. The first-order valence-corrected chi connectivity index (χ1v) is 6.34. The molecule has 1 aromatic carbocycles. The molecule has 2 aromatic rings. The number of rotatable bonds is 4. The minimum atomic E-state index is -0.744. The standard InChI is InChI=1S/C15H19NO2/c1-4-16-13(11(3)8-15(17)18)9-12-6-5-10(2)7-14(12)16/h5-7,9,11H,4,8H2,1-3H3,(H,17,18). The molecule has 0 bridgehead atoms. The number of hydrogen-bond acceptors (Lipinski definition) is 1. The SMILES string of the molecule is CCn1c(C(C)CC(=O)O)cc2ccc(C)cc21. The van der Waals surface area contributed by atoms with Gasteiger partial charge >= 0.3 is 5.97 Å². The van der Waals surface area contributed by atoms with Gasteiger partial charge in [0, 0.05) is 23.7 Å². The first-order valence-electron chi connectivity index (χ1n) is 6.34. The number of aromatic nitrogens is 1. The quantitative estimate of drug-likeness (QED) is 0.895. The smallest absolute Gasteiger partial charge is 0.304 e. The summed E-state index contributed by atoms with van der Waals surface area (Å²) in [6.45, 7) is 7.01. The highest BCUT2D eigenvalue weighted by Gasteiger charge is 2.16. The molecule has 0 fully saturated rings. The number of aliphatic carboxylic acids is 1. The van der Waals surface area contributed by atoms with Crippen LogP contribution in [0.4, 0.5) is 0 Å². The van der Waals surface area contributed by atoms with Crippen LogP contribution in [0, 0.1) is 6.92 Å². The number of fused-ring (bicyclic) bond motifs is 1. The molecule has 1 atom stereocenters. The van der Waals surface area contributed by atoms with E-state index in [0.717, 1.165) is 12.2 Å². The third-order valence-electron chi connectivity index (χ3n) is 3.39. The summed E-state index contributed by atoms with van der Waals surface area (Å²) >= 11 is 0. The van der Waals surface area contributed by atoms with Crippen LogP contribution in [0.15, 0.2) is 24.3 Å². The van der Waals surface area contributed by atoms with Gasteiger partial charge in [-0.1, -0.05) is 19.1 Å². The van der Waals surface area contributed by atoms with E-state index in [4.69, 9.17) is 5.11 Å². The topological polar surface area (TPSA) is 42.2 Å². The van der Waals surface area contributed by atoms with Crippen molar-refractivity contribution in [1.82, 2.24) is 4.57 Å². The fraction of sp³-hybridized carbons (Fsp3) is 0.400. The Morgan fingerprint density at radius 2 is 2.11 bits per heavy atom. The zero-order valence-corrected chi connectivity index (χ0v) is 11.1. The largest absolute Gasteiger partial charge is 0.481 e. The minimum Gasteiger partial charge on any atom is -0.481 e. The summed E-state index contributed by atoms with van der Waals surface area (Å²) in [6.07, 6.45) is 0.176. The van der Waals surface area contributed by atoms with E-state index >= 15 is 0 Å².